The first-order chi connectivity index (χ1) is 11.7. The second-order valence-corrected chi connectivity index (χ2v) is 7.75. The number of aryl methyl sites for hydroxylation is 3. The Kier molecular flexibility index (Phi) is 4.69. The minimum Gasteiger partial charge on any atom is -0.390 e. The Balaban J connectivity index is 1.62. The van der Waals surface area contributed by atoms with Crippen LogP contribution in [0.15, 0.2) is 30.3 Å². The topological polar surface area (TPSA) is 58.4 Å². The van der Waals surface area contributed by atoms with Crippen LogP contribution in [0.2, 0.25) is 0 Å². The fourth-order valence-corrected chi connectivity index (χ4v) is 3.28. The van der Waals surface area contributed by atoms with Gasteiger partial charge < -0.3 is 10.0 Å². The highest BCUT2D eigenvalue weighted by molar-refractivity contribution is 5.95. The molecule has 0 radical (unpaired) electrons. The summed E-state index contributed by atoms with van der Waals surface area (Å²) in [4.78, 5) is 14.6. The van der Waals surface area contributed by atoms with Crippen molar-refractivity contribution in [3.05, 3.63) is 52.8 Å². The maximum Gasteiger partial charge on any atom is 0.254 e. The van der Waals surface area contributed by atoms with Crippen LogP contribution >= 0.6 is 0 Å². The van der Waals surface area contributed by atoms with E-state index in [0.717, 1.165) is 28.9 Å². The molecule has 1 aromatic carbocycles. The van der Waals surface area contributed by atoms with Crippen molar-refractivity contribution in [1.29, 1.82) is 0 Å². The Morgan fingerprint density at radius 1 is 1.28 bits per heavy atom. The molecule has 3 rings (SSSR count). The molecule has 0 unspecified atom stereocenters. The predicted octanol–water partition coefficient (Wildman–Crippen LogP) is 2.90. The highest BCUT2D eigenvalue weighted by Gasteiger charge is 2.33. The number of carbonyl (C=O) groups is 1. The Hall–Kier alpha value is -2.14. The quantitative estimate of drug-likeness (QED) is 0.910. The van der Waals surface area contributed by atoms with Crippen molar-refractivity contribution in [3.63, 3.8) is 0 Å². The molecule has 1 N–H and O–H groups in total. The van der Waals surface area contributed by atoms with Crippen molar-refractivity contribution in [2.24, 2.45) is 0 Å². The molecule has 5 heteroatoms. The molecule has 5 nitrogen and oxygen atoms in total. The van der Waals surface area contributed by atoms with E-state index in [1.165, 1.54) is 0 Å². The Labute approximate surface area is 149 Å². The summed E-state index contributed by atoms with van der Waals surface area (Å²) >= 11 is 0. The smallest absolute Gasteiger partial charge is 0.254 e. The molecule has 1 saturated heterocycles. The zero-order chi connectivity index (χ0) is 18.2. The summed E-state index contributed by atoms with van der Waals surface area (Å²) in [6.45, 7) is 9.06. The first-order valence-electron chi connectivity index (χ1n) is 8.86. The lowest BCUT2D eigenvalue weighted by molar-refractivity contribution is 0.0497. The van der Waals surface area contributed by atoms with E-state index in [9.17, 15) is 9.90 Å². The average Bonchev–Trinajstić information content (AvgIpc) is 2.82. The summed E-state index contributed by atoms with van der Waals surface area (Å²) in [5.74, 6) is 0.0721. The number of hydrogen-bond acceptors (Lipinski definition) is 3. The highest BCUT2D eigenvalue weighted by Crippen LogP contribution is 2.25. The van der Waals surface area contributed by atoms with Crippen LogP contribution in [0.1, 0.15) is 53.6 Å². The minimum absolute atomic E-state index is 0.0721. The van der Waals surface area contributed by atoms with Gasteiger partial charge in [-0.05, 0) is 64.3 Å². The van der Waals surface area contributed by atoms with Crippen LogP contribution in [0, 0.1) is 13.8 Å². The van der Waals surface area contributed by atoms with Crippen LogP contribution in [-0.2, 0) is 6.42 Å². The van der Waals surface area contributed by atoms with Gasteiger partial charge >= 0.3 is 0 Å². The number of nitrogens with zero attached hydrogens (tertiary/aromatic N) is 3. The number of benzene rings is 1. The number of hydrogen-bond donors (Lipinski definition) is 1. The Bertz CT molecular complexity index is 767. The van der Waals surface area contributed by atoms with Gasteiger partial charge in [-0.25, -0.2) is 0 Å². The lowest BCUT2D eigenvalue weighted by Gasteiger charge is -2.39. The van der Waals surface area contributed by atoms with E-state index >= 15 is 0 Å². The zero-order valence-electron chi connectivity index (χ0n) is 15.5. The molecule has 25 heavy (non-hydrogen) atoms. The van der Waals surface area contributed by atoms with Crippen LogP contribution in [0.4, 0.5) is 0 Å². The average molecular weight is 341 g/mol. The molecule has 0 aliphatic carbocycles. The van der Waals surface area contributed by atoms with Crippen LogP contribution in [0.5, 0.6) is 0 Å². The van der Waals surface area contributed by atoms with Crippen molar-refractivity contribution in [2.75, 3.05) is 13.1 Å². The van der Waals surface area contributed by atoms with Gasteiger partial charge in [0.25, 0.3) is 5.91 Å². The van der Waals surface area contributed by atoms with E-state index in [0.29, 0.717) is 19.5 Å². The summed E-state index contributed by atoms with van der Waals surface area (Å²) in [7, 11) is 0. The van der Waals surface area contributed by atoms with E-state index in [1.807, 2.05) is 40.8 Å². The van der Waals surface area contributed by atoms with Gasteiger partial charge in [-0.3, -0.25) is 9.48 Å². The third-order valence-electron chi connectivity index (χ3n) is 4.74. The standard InChI is InChI=1S/C20H27N3O2/c1-14-10-15(2)23(21-14)18-12-22(13-18)19(24)17-7-5-6-16(11-17)8-9-20(3,4)25/h5-7,10-11,18,25H,8-9,12-13H2,1-4H3. The highest BCUT2D eigenvalue weighted by atomic mass is 16.3. The van der Waals surface area contributed by atoms with Gasteiger partial charge in [-0.2, -0.15) is 5.10 Å². The summed E-state index contributed by atoms with van der Waals surface area (Å²) in [6, 6.07) is 10.1. The lowest BCUT2D eigenvalue weighted by Crippen LogP contribution is -2.51. The maximum atomic E-state index is 12.7. The summed E-state index contributed by atoms with van der Waals surface area (Å²) in [5.41, 5.74) is 3.28. The largest absolute Gasteiger partial charge is 0.390 e. The van der Waals surface area contributed by atoms with Crippen molar-refractivity contribution >= 4 is 5.91 Å². The predicted molar refractivity (Wildman–Crippen MR) is 97.7 cm³/mol. The van der Waals surface area contributed by atoms with E-state index in [-0.39, 0.29) is 11.9 Å². The maximum absolute atomic E-state index is 12.7. The summed E-state index contributed by atoms with van der Waals surface area (Å²) < 4.78 is 2.03. The minimum atomic E-state index is -0.690. The fraction of sp³-hybridized carbons (Fsp3) is 0.500. The van der Waals surface area contributed by atoms with Crippen LogP contribution in [0.3, 0.4) is 0 Å². The molecule has 2 heterocycles. The summed E-state index contributed by atoms with van der Waals surface area (Å²) in [5, 5.41) is 14.4. The lowest BCUT2D eigenvalue weighted by atomic mass is 9.97. The van der Waals surface area contributed by atoms with Crippen molar-refractivity contribution in [3.8, 4) is 0 Å². The van der Waals surface area contributed by atoms with Crippen LogP contribution in [0.25, 0.3) is 0 Å². The zero-order valence-corrected chi connectivity index (χ0v) is 15.5. The number of aliphatic hydroxyl groups is 1. The first kappa shape index (κ1) is 17.7. The number of likely N-dealkylation sites (tertiary alicyclic amines) is 1. The summed E-state index contributed by atoms with van der Waals surface area (Å²) in [6.07, 6.45) is 1.44. The van der Waals surface area contributed by atoms with Gasteiger partial charge in [0, 0.05) is 24.3 Å². The van der Waals surface area contributed by atoms with Crippen molar-refractivity contribution < 1.29 is 9.90 Å². The third kappa shape index (κ3) is 4.10. The molecular formula is C20H27N3O2. The van der Waals surface area contributed by atoms with E-state index in [1.54, 1.807) is 13.8 Å². The Morgan fingerprint density at radius 2 is 2.00 bits per heavy atom. The molecule has 0 atom stereocenters. The number of carbonyl (C=O) groups excluding carboxylic acids is 1. The molecule has 0 spiro atoms. The SMILES string of the molecule is Cc1cc(C)n(C2CN(C(=O)c3cccc(CCC(C)(C)O)c3)C2)n1. The number of aromatic nitrogens is 2. The molecule has 2 aromatic rings. The van der Waals surface area contributed by atoms with Crippen LogP contribution < -0.4 is 0 Å². The number of rotatable bonds is 5. The molecule has 1 aliphatic rings. The fourth-order valence-electron chi connectivity index (χ4n) is 3.28. The van der Waals surface area contributed by atoms with E-state index < -0.39 is 5.60 Å². The molecule has 1 fully saturated rings. The van der Waals surface area contributed by atoms with Gasteiger partial charge in [-0.1, -0.05) is 12.1 Å². The normalized spacial score (nSPS) is 15.3. The monoisotopic (exact) mass is 341 g/mol. The third-order valence-corrected chi connectivity index (χ3v) is 4.74. The molecular weight excluding hydrogens is 314 g/mol. The van der Waals surface area contributed by atoms with Gasteiger partial charge in [0.1, 0.15) is 0 Å². The van der Waals surface area contributed by atoms with Gasteiger partial charge in [0.15, 0.2) is 0 Å². The molecule has 0 bridgehead atoms. The molecule has 0 saturated carbocycles. The van der Waals surface area contributed by atoms with Gasteiger partial charge in [0.05, 0.1) is 17.3 Å². The van der Waals surface area contributed by atoms with Crippen molar-refractivity contribution in [1.82, 2.24) is 14.7 Å². The second-order valence-electron chi connectivity index (χ2n) is 7.75. The second kappa shape index (κ2) is 6.64. The number of amides is 1. The molecule has 1 amide bonds. The van der Waals surface area contributed by atoms with Gasteiger partial charge in [0.2, 0.25) is 0 Å². The molecule has 1 aliphatic heterocycles. The van der Waals surface area contributed by atoms with E-state index in [2.05, 4.69) is 18.1 Å². The molecule has 134 valence electrons. The molecule has 1 aromatic heterocycles. The Morgan fingerprint density at radius 3 is 2.60 bits per heavy atom. The van der Waals surface area contributed by atoms with E-state index in [4.69, 9.17) is 0 Å². The van der Waals surface area contributed by atoms with Gasteiger partial charge in [-0.15, -0.1) is 0 Å². The van der Waals surface area contributed by atoms with Crippen molar-refractivity contribution in [2.45, 2.75) is 52.2 Å². The van der Waals surface area contributed by atoms with Crippen LogP contribution in [-0.4, -0.2) is 44.4 Å². The first-order valence-corrected chi connectivity index (χ1v) is 8.86.